The maximum Gasteiger partial charge on any atom is 0.0910 e. The van der Waals surface area contributed by atoms with E-state index in [1.165, 1.54) is 0 Å². The minimum atomic E-state index is -0.107. The molecule has 2 heterocycles. The Morgan fingerprint density at radius 2 is 2.29 bits per heavy atom. The van der Waals surface area contributed by atoms with Crippen LogP contribution in [-0.4, -0.2) is 46.5 Å². The number of nitrogens with zero attached hydrogens (tertiary/aromatic N) is 3. The van der Waals surface area contributed by atoms with Gasteiger partial charge in [-0.25, -0.2) is 0 Å². The Kier molecular flexibility index (Phi) is 3.81. The van der Waals surface area contributed by atoms with E-state index in [1.54, 1.807) is 6.20 Å². The number of rotatable bonds is 3. The summed E-state index contributed by atoms with van der Waals surface area (Å²) in [4.78, 5) is 2.41. The number of morpholine rings is 1. The first kappa shape index (κ1) is 12.5. The molecule has 0 saturated carbocycles. The summed E-state index contributed by atoms with van der Waals surface area (Å²) in [5.74, 6) is 0. The Bertz CT molecular complexity index is 363. The van der Waals surface area contributed by atoms with Crippen molar-refractivity contribution in [2.45, 2.75) is 32.0 Å². The topological polar surface area (TPSA) is 56.3 Å². The van der Waals surface area contributed by atoms with Gasteiger partial charge in [-0.05, 0) is 19.9 Å². The molecular formula is C12H22N4O. The molecular weight excluding hydrogens is 216 g/mol. The number of hydrogen-bond acceptors (Lipinski definition) is 4. The van der Waals surface area contributed by atoms with E-state index in [2.05, 4.69) is 23.8 Å². The van der Waals surface area contributed by atoms with Crippen LogP contribution in [-0.2, 0) is 11.8 Å². The third kappa shape index (κ3) is 2.68. The zero-order chi connectivity index (χ0) is 12.4. The first-order valence-electron chi connectivity index (χ1n) is 6.18. The predicted molar refractivity (Wildman–Crippen MR) is 66.6 cm³/mol. The molecule has 5 heteroatoms. The quantitative estimate of drug-likeness (QED) is 0.834. The van der Waals surface area contributed by atoms with Gasteiger partial charge in [0.25, 0.3) is 0 Å². The van der Waals surface area contributed by atoms with Gasteiger partial charge in [0.2, 0.25) is 0 Å². The third-order valence-electron chi connectivity index (χ3n) is 3.46. The van der Waals surface area contributed by atoms with Crippen LogP contribution in [0.2, 0.25) is 0 Å². The van der Waals surface area contributed by atoms with Gasteiger partial charge in [0.1, 0.15) is 0 Å². The van der Waals surface area contributed by atoms with Crippen LogP contribution in [0.3, 0.4) is 0 Å². The van der Waals surface area contributed by atoms with Crippen LogP contribution in [0, 0.1) is 0 Å². The van der Waals surface area contributed by atoms with E-state index in [4.69, 9.17) is 10.5 Å². The molecule has 2 rings (SSSR count). The molecule has 1 aliphatic rings. The van der Waals surface area contributed by atoms with Crippen molar-refractivity contribution in [2.75, 3.05) is 19.7 Å². The Balaban J connectivity index is 2.05. The first-order chi connectivity index (χ1) is 8.09. The number of ether oxygens (including phenoxy) is 1. The molecule has 0 amide bonds. The van der Waals surface area contributed by atoms with E-state index in [-0.39, 0.29) is 12.1 Å². The van der Waals surface area contributed by atoms with Gasteiger partial charge in [0, 0.05) is 32.4 Å². The molecule has 1 aromatic rings. The minimum Gasteiger partial charge on any atom is -0.374 e. The van der Waals surface area contributed by atoms with Gasteiger partial charge < -0.3 is 10.5 Å². The van der Waals surface area contributed by atoms with Crippen molar-refractivity contribution in [1.29, 1.82) is 0 Å². The maximum absolute atomic E-state index is 6.26. The number of nitrogens with two attached hydrogens (primary N) is 1. The van der Waals surface area contributed by atoms with Crippen LogP contribution in [0.5, 0.6) is 0 Å². The average molecular weight is 238 g/mol. The molecule has 5 nitrogen and oxygen atoms in total. The molecule has 0 aromatic carbocycles. The van der Waals surface area contributed by atoms with E-state index in [0.29, 0.717) is 6.04 Å². The van der Waals surface area contributed by atoms with Gasteiger partial charge in [-0.2, -0.15) is 5.10 Å². The van der Waals surface area contributed by atoms with Crippen molar-refractivity contribution in [3.63, 3.8) is 0 Å². The van der Waals surface area contributed by atoms with E-state index in [9.17, 15) is 0 Å². The van der Waals surface area contributed by atoms with Crippen molar-refractivity contribution < 1.29 is 4.74 Å². The molecule has 0 spiro atoms. The summed E-state index contributed by atoms with van der Waals surface area (Å²) < 4.78 is 7.61. The summed E-state index contributed by atoms with van der Waals surface area (Å²) >= 11 is 0. The summed E-state index contributed by atoms with van der Waals surface area (Å²) in [6.45, 7) is 7.06. The van der Waals surface area contributed by atoms with E-state index in [0.717, 1.165) is 25.4 Å². The largest absolute Gasteiger partial charge is 0.374 e. The molecule has 2 unspecified atom stereocenters. The molecule has 2 N–H and O–H groups in total. The summed E-state index contributed by atoms with van der Waals surface area (Å²) in [5, 5.41) is 4.15. The van der Waals surface area contributed by atoms with Crippen LogP contribution >= 0.6 is 0 Å². The molecule has 0 aliphatic carbocycles. The molecule has 0 bridgehead atoms. The highest BCUT2D eigenvalue weighted by molar-refractivity contribution is 5.08. The molecule has 1 aromatic heterocycles. The third-order valence-corrected chi connectivity index (χ3v) is 3.46. The lowest BCUT2D eigenvalue weighted by atomic mass is 10.1. The molecule has 0 radical (unpaired) electrons. The zero-order valence-electron chi connectivity index (χ0n) is 10.8. The van der Waals surface area contributed by atoms with Crippen LogP contribution in [0.4, 0.5) is 0 Å². The SMILES string of the molecule is CC(C)N1CCOC(C(N)c2ccnn2C)C1. The Morgan fingerprint density at radius 3 is 2.88 bits per heavy atom. The summed E-state index contributed by atoms with van der Waals surface area (Å²) in [6.07, 6.45) is 1.83. The molecule has 1 fully saturated rings. The summed E-state index contributed by atoms with van der Waals surface area (Å²) in [6, 6.07) is 2.40. The predicted octanol–water partition coefficient (Wildman–Crippen LogP) is 0.529. The van der Waals surface area contributed by atoms with Crippen LogP contribution in [0.1, 0.15) is 25.6 Å². The van der Waals surface area contributed by atoms with Crippen LogP contribution < -0.4 is 5.73 Å². The average Bonchev–Trinajstić information content (AvgIpc) is 2.74. The van der Waals surface area contributed by atoms with Gasteiger partial charge in [0.15, 0.2) is 0 Å². The maximum atomic E-state index is 6.26. The van der Waals surface area contributed by atoms with Gasteiger partial charge in [-0.15, -0.1) is 0 Å². The zero-order valence-corrected chi connectivity index (χ0v) is 10.8. The highest BCUT2D eigenvalue weighted by atomic mass is 16.5. The smallest absolute Gasteiger partial charge is 0.0910 e. The first-order valence-corrected chi connectivity index (χ1v) is 6.18. The minimum absolute atomic E-state index is 0.0570. The van der Waals surface area contributed by atoms with Gasteiger partial charge in [0.05, 0.1) is 24.4 Å². The second-order valence-electron chi connectivity index (χ2n) is 4.90. The lowest BCUT2D eigenvalue weighted by molar-refractivity contribution is -0.0512. The highest BCUT2D eigenvalue weighted by Gasteiger charge is 2.29. The van der Waals surface area contributed by atoms with Crippen LogP contribution in [0.15, 0.2) is 12.3 Å². The van der Waals surface area contributed by atoms with Crippen molar-refractivity contribution >= 4 is 0 Å². The number of hydrogen-bond donors (Lipinski definition) is 1. The Labute approximate surface area is 103 Å². The van der Waals surface area contributed by atoms with E-state index < -0.39 is 0 Å². The second-order valence-corrected chi connectivity index (χ2v) is 4.90. The van der Waals surface area contributed by atoms with Crippen LogP contribution in [0.25, 0.3) is 0 Å². The summed E-state index contributed by atoms with van der Waals surface area (Å²) in [5.41, 5.74) is 7.29. The Hall–Kier alpha value is -0.910. The van der Waals surface area contributed by atoms with Crippen molar-refractivity contribution in [3.8, 4) is 0 Å². The normalized spacial score (nSPS) is 24.2. The highest BCUT2D eigenvalue weighted by Crippen LogP contribution is 2.20. The number of aromatic nitrogens is 2. The molecule has 96 valence electrons. The van der Waals surface area contributed by atoms with Crippen molar-refractivity contribution in [3.05, 3.63) is 18.0 Å². The molecule has 17 heavy (non-hydrogen) atoms. The van der Waals surface area contributed by atoms with Crippen molar-refractivity contribution in [2.24, 2.45) is 12.8 Å². The van der Waals surface area contributed by atoms with Gasteiger partial charge >= 0.3 is 0 Å². The molecule has 2 atom stereocenters. The van der Waals surface area contributed by atoms with Gasteiger partial charge in [-0.3, -0.25) is 9.58 Å². The summed E-state index contributed by atoms with van der Waals surface area (Å²) in [7, 11) is 1.91. The van der Waals surface area contributed by atoms with Gasteiger partial charge in [-0.1, -0.05) is 0 Å². The fraction of sp³-hybridized carbons (Fsp3) is 0.750. The second kappa shape index (κ2) is 5.16. The fourth-order valence-electron chi connectivity index (χ4n) is 2.28. The van der Waals surface area contributed by atoms with Crippen molar-refractivity contribution in [1.82, 2.24) is 14.7 Å². The number of aryl methyl sites for hydroxylation is 1. The van der Waals surface area contributed by atoms with E-state index >= 15 is 0 Å². The van der Waals surface area contributed by atoms with E-state index in [1.807, 2.05) is 17.8 Å². The fourth-order valence-corrected chi connectivity index (χ4v) is 2.28. The monoisotopic (exact) mass is 238 g/mol. The Morgan fingerprint density at radius 1 is 1.53 bits per heavy atom. The lowest BCUT2D eigenvalue weighted by Crippen LogP contribution is -2.49. The standard InChI is InChI=1S/C12H22N4O/c1-9(2)16-6-7-17-11(8-16)12(13)10-4-5-14-15(10)3/h4-5,9,11-12H,6-8,13H2,1-3H3. The lowest BCUT2D eigenvalue weighted by Gasteiger charge is -2.37. The molecule has 1 aliphatic heterocycles. The molecule has 1 saturated heterocycles.